The third-order valence-electron chi connectivity index (χ3n) is 8.02. The van der Waals surface area contributed by atoms with Gasteiger partial charge in [-0.05, 0) is 73.7 Å². The molecule has 51 heavy (non-hydrogen) atoms. The molecule has 278 valence electrons. The first-order valence-electron chi connectivity index (χ1n) is 17.1. The van der Waals surface area contributed by atoms with Gasteiger partial charge in [-0.1, -0.05) is 45.4 Å². The van der Waals surface area contributed by atoms with Crippen molar-refractivity contribution in [1.82, 2.24) is 25.0 Å². The summed E-state index contributed by atoms with van der Waals surface area (Å²) in [7, 11) is -0.960. The summed E-state index contributed by atoms with van der Waals surface area (Å²) in [5, 5.41) is 15.6. The number of hydrazine groups is 1. The fourth-order valence-corrected chi connectivity index (χ4v) is 6.64. The molecule has 0 aliphatic heterocycles. The van der Waals surface area contributed by atoms with E-state index in [0.29, 0.717) is 44.8 Å². The maximum absolute atomic E-state index is 14.2. The predicted molar refractivity (Wildman–Crippen MR) is 192 cm³/mol. The van der Waals surface area contributed by atoms with E-state index in [-0.39, 0.29) is 52.6 Å². The standard InChI is InChI=1S/C37H49F2N5O6S/c1-6-9-17-44(41-51(49,50)32-13-11-10-12-14-32)25-34(45)33(20-26-18-30(38)24-31(39)19-26)40-35(46)27-21-28(36(47)42(4)5)23-29(22-27)37(48)43(15-7-2)16-8-3/h10-14,18-19,21-24,33-34,41,45H,6-9,15-17,20,25H2,1-5H3,(H,40,46). The van der Waals surface area contributed by atoms with Gasteiger partial charge in [-0.2, -0.15) is 0 Å². The van der Waals surface area contributed by atoms with E-state index in [4.69, 9.17) is 0 Å². The first-order valence-corrected chi connectivity index (χ1v) is 18.6. The lowest BCUT2D eigenvalue weighted by Gasteiger charge is -2.30. The first-order chi connectivity index (χ1) is 24.2. The molecule has 0 aromatic heterocycles. The molecule has 3 N–H and O–H groups in total. The summed E-state index contributed by atoms with van der Waals surface area (Å²) in [5.74, 6) is -3.27. The summed E-state index contributed by atoms with van der Waals surface area (Å²) < 4.78 is 54.9. The highest BCUT2D eigenvalue weighted by molar-refractivity contribution is 7.89. The highest BCUT2D eigenvalue weighted by atomic mass is 32.2. The number of hydrogen-bond acceptors (Lipinski definition) is 7. The number of halogens is 2. The van der Waals surface area contributed by atoms with Crippen molar-refractivity contribution in [3.8, 4) is 0 Å². The van der Waals surface area contributed by atoms with Gasteiger partial charge in [0, 0.05) is 63.0 Å². The van der Waals surface area contributed by atoms with Crippen molar-refractivity contribution < 1.29 is 36.7 Å². The Balaban J connectivity index is 2.02. The summed E-state index contributed by atoms with van der Waals surface area (Å²) in [6, 6.07) is 13.5. The van der Waals surface area contributed by atoms with E-state index in [1.165, 1.54) is 54.3 Å². The number of aliphatic hydroxyl groups excluding tert-OH is 1. The van der Waals surface area contributed by atoms with Crippen LogP contribution >= 0.6 is 0 Å². The number of unbranched alkanes of at least 4 members (excludes halogenated alkanes) is 1. The van der Waals surface area contributed by atoms with Gasteiger partial charge < -0.3 is 20.2 Å². The Morgan fingerprint density at radius 1 is 0.784 bits per heavy atom. The van der Waals surface area contributed by atoms with Crippen molar-refractivity contribution in [2.45, 2.75) is 69.9 Å². The minimum atomic E-state index is -4.04. The largest absolute Gasteiger partial charge is 0.390 e. The molecule has 0 saturated carbocycles. The van der Waals surface area contributed by atoms with E-state index < -0.39 is 45.6 Å². The topological polar surface area (TPSA) is 139 Å². The number of nitrogens with one attached hydrogen (secondary N) is 2. The van der Waals surface area contributed by atoms with Crippen LogP contribution in [0.3, 0.4) is 0 Å². The maximum Gasteiger partial charge on any atom is 0.253 e. The fraction of sp³-hybridized carbons (Fsp3) is 0.432. The lowest BCUT2D eigenvalue weighted by atomic mass is 9.98. The zero-order valence-corrected chi connectivity index (χ0v) is 30.7. The van der Waals surface area contributed by atoms with Crippen molar-refractivity contribution in [2.24, 2.45) is 0 Å². The summed E-state index contributed by atoms with van der Waals surface area (Å²) >= 11 is 0. The van der Waals surface area contributed by atoms with Gasteiger partial charge in [-0.3, -0.25) is 14.4 Å². The quantitative estimate of drug-likeness (QED) is 0.153. The Hall–Kier alpha value is -4.24. The first kappa shape index (κ1) is 41.2. The molecule has 0 saturated heterocycles. The Kier molecular flexibility index (Phi) is 15.7. The Bertz CT molecular complexity index is 1720. The van der Waals surface area contributed by atoms with E-state index in [9.17, 15) is 36.7 Å². The third kappa shape index (κ3) is 12.2. The second-order valence-corrected chi connectivity index (χ2v) is 14.3. The van der Waals surface area contributed by atoms with E-state index in [0.717, 1.165) is 12.1 Å². The zero-order chi connectivity index (χ0) is 37.7. The van der Waals surface area contributed by atoms with E-state index >= 15 is 0 Å². The van der Waals surface area contributed by atoms with Crippen LogP contribution in [-0.2, 0) is 16.4 Å². The van der Waals surface area contributed by atoms with Crippen LogP contribution in [0.25, 0.3) is 0 Å². The number of benzene rings is 3. The van der Waals surface area contributed by atoms with Crippen molar-refractivity contribution >= 4 is 27.7 Å². The van der Waals surface area contributed by atoms with Gasteiger partial charge in [-0.25, -0.2) is 22.2 Å². The van der Waals surface area contributed by atoms with E-state index in [1.807, 2.05) is 20.8 Å². The van der Waals surface area contributed by atoms with Gasteiger partial charge in [0.15, 0.2) is 0 Å². The normalized spacial score (nSPS) is 12.7. The lowest BCUT2D eigenvalue weighted by Crippen LogP contribution is -2.53. The summed E-state index contributed by atoms with van der Waals surface area (Å²) in [4.78, 5) is 46.1. The molecule has 0 spiro atoms. The van der Waals surface area contributed by atoms with Crippen molar-refractivity contribution in [3.05, 3.63) is 101 Å². The zero-order valence-electron chi connectivity index (χ0n) is 29.9. The number of amides is 3. The smallest absolute Gasteiger partial charge is 0.253 e. The number of aliphatic hydroxyl groups is 1. The van der Waals surface area contributed by atoms with Gasteiger partial charge in [0.05, 0.1) is 17.0 Å². The number of hydrogen-bond donors (Lipinski definition) is 3. The third-order valence-corrected chi connectivity index (χ3v) is 9.41. The van der Waals surface area contributed by atoms with Crippen molar-refractivity contribution in [2.75, 3.05) is 40.3 Å². The van der Waals surface area contributed by atoms with Crippen LogP contribution in [0.2, 0.25) is 0 Å². The highest BCUT2D eigenvalue weighted by Gasteiger charge is 2.28. The number of sulfonamides is 1. The molecule has 3 aromatic rings. The summed E-state index contributed by atoms with van der Waals surface area (Å²) in [5.41, 5.74) is 0.299. The highest BCUT2D eigenvalue weighted by Crippen LogP contribution is 2.18. The molecule has 2 atom stereocenters. The fourth-order valence-electron chi connectivity index (χ4n) is 5.52. The molecular weight excluding hydrogens is 680 g/mol. The number of nitrogens with zero attached hydrogens (tertiary/aromatic N) is 3. The molecule has 3 aromatic carbocycles. The summed E-state index contributed by atoms with van der Waals surface area (Å²) in [6.07, 6.45) is 0.968. The van der Waals surface area contributed by atoms with Crippen LogP contribution in [0.15, 0.2) is 71.6 Å². The van der Waals surface area contributed by atoms with Gasteiger partial charge in [-0.15, -0.1) is 4.83 Å². The molecular formula is C37H49F2N5O6S. The molecule has 0 aliphatic carbocycles. The van der Waals surface area contributed by atoms with Crippen LogP contribution in [-0.4, -0.2) is 98.5 Å². The Labute approximate surface area is 299 Å². The maximum atomic E-state index is 14.2. The molecule has 14 heteroatoms. The molecule has 0 heterocycles. The average molecular weight is 730 g/mol. The SMILES string of the molecule is CCCCN(CC(O)C(Cc1cc(F)cc(F)c1)NC(=O)c1cc(C(=O)N(C)C)cc(C(=O)N(CCC)CCC)c1)NS(=O)(=O)c1ccccc1. The minimum absolute atomic E-state index is 0.00928. The molecule has 0 bridgehead atoms. The molecule has 0 radical (unpaired) electrons. The van der Waals surface area contributed by atoms with Crippen molar-refractivity contribution in [3.63, 3.8) is 0 Å². The average Bonchev–Trinajstić information content (AvgIpc) is 3.09. The monoisotopic (exact) mass is 729 g/mol. The molecule has 11 nitrogen and oxygen atoms in total. The van der Waals surface area contributed by atoms with E-state index in [1.54, 1.807) is 23.1 Å². The molecule has 0 aliphatic rings. The Morgan fingerprint density at radius 3 is 1.90 bits per heavy atom. The number of carbonyl (C=O) groups is 3. The second-order valence-electron chi connectivity index (χ2n) is 12.6. The van der Waals surface area contributed by atoms with Crippen molar-refractivity contribution in [1.29, 1.82) is 0 Å². The molecule has 0 fully saturated rings. The predicted octanol–water partition coefficient (Wildman–Crippen LogP) is 4.63. The number of rotatable bonds is 19. The van der Waals surface area contributed by atoms with Crippen LogP contribution in [0.1, 0.15) is 83.1 Å². The van der Waals surface area contributed by atoms with E-state index in [2.05, 4.69) is 10.1 Å². The minimum Gasteiger partial charge on any atom is -0.390 e. The molecule has 3 rings (SSSR count). The van der Waals surface area contributed by atoms with Gasteiger partial charge in [0.2, 0.25) is 0 Å². The van der Waals surface area contributed by atoms with Crippen LogP contribution in [0.5, 0.6) is 0 Å². The lowest BCUT2D eigenvalue weighted by molar-refractivity contribution is 0.0614. The number of carbonyl (C=O) groups excluding carboxylic acids is 3. The van der Waals surface area contributed by atoms with Gasteiger partial charge in [0.1, 0.15) is 11.6 Å². The Morgan fingerprint density at radius 2 is 1.35 bits per heavy atom. The molecule has 2 unspecified atom stereocenters. The van der Waals surface area contributed by atoms with Crippen LogP contribution in [0.4, 0.5) is 8.78 Å². The van der Waals surface area contributed by atoms with Crippen LogP contribution < -0.4 is 10.1 Å². The second kappa shape index (κ2) is 19.4. The van der Waals surface area contributed by atoms with Gasteiger partial charge >= 0.3 is 0 Å². The summed E-state index contributed by atoms with van der Waals surface area (Å²) in [6.45, 7) is 6.64. The molecule has 3 amide bonds. The van der Waals surface area contributed by atoms with Crippen LogP contribution in [0, 0.1) is 11.6 Å². The van der Waals surface area contributed by atoms with Gasteiger partial charge in [0.25, 0.3) is 27.7 Å².